The molecule has 164 valence electrons. The molecule has 2 N–H and O–H groups in total. The van der Waals surface area contributed by atoms with Crippen molar-refractivity contribution in [2.24, 2.45) is 5.92 Å². The summed E-state index contributed by atoms with van der Waals surface area (Å²) < 4.78 is 24.7. The number of β-amino-alcohol motifs (C(OH)–C–C–N with tert-alkyl or cyclic N) is 1. The molecular weight excluding hydrogens is 393 g/mol. The second kappa shape index (κ2) is 9.90. The van der Waals surface area contributed by atoms with Crippen molar-refractivity contribution < 1.29 is 28.6 Å². The molecule has 1 saturated heterocycles. The number of hydrogen-bond acceptors (Lipinski definition) is 7. The highest BCUT2D eigenvalue weighted by Gasteiger charge is 2.35. The summed E-state index contributed by atoms with van der Waals surface area (Å²) in [5, 5.41) is 12.1. The average molecular weight is 421 g/mol. The largest absolute Gasteiger partial charge is 0.491 e. The van der Waals surface area contributed by atoms with Crippen LogP contribution >= 0.6 is 0 Å². The van der Waals surface area contributed by atoms with Crippen molar-refractivity contribution in [1.29, 1.82) is 0 Å². The lowest BCUT2D eigenvalue weighted by Crippen LogP contribution is -2.32. The van der Waals surface area contributed by atoms with E-state index in [0.29, 0.717) is 18.3 Å². The number of ether oxygens (including phenoxy) is 2. The van der Waals surface area contributed by atoms with Gasteiger partial charge in [-0.2, -0.15) is 0 Å². The number of aliphatic hydroxyl groups is 1. The van der Waals surface area contributed by atoms with E-state index in [4.69, 9.17) is 9.47 Å². The minimum atomic E-state index is -0.656. The van der Waals surface area contributed by atoms with Crippen LogP contribution in [0.2, 0.25) is 0 Å². The topological polar surface area (TPSA) is 91.3 Å². The van der Waals surface area contributed by atoms with Gasteiger partial charge in [-0.25, -0.2) is 9.18 Å². The Morgan fingerprint density at radius 2 is 2.07 bits per heavy atom. The zero-order valence-electron chi connectivity index (χ0n) is 17.3. The van der Waals surface area contributed by atoms with Crippen LogP contribution in [0.25, 0.3) is 0 Å². The smallest absolute Gasteiger partial charge is 0.337 e. The number of aliphatic hydroxyl groups excluding tert-OH is 1. The summed E-state index contributed by atoms with van der Waals surface area (Å²) in [5.74, 6) is -0.814. The lowest BCUT2D eigenvalue weighted by molar-refractivity contribution is -0.136. The molecule has 2 heterocycles. The van der Waals surface area contributed by atoms with E-state index < -0.39 is 17.7 Å². The Morgan fingerprint density at radius 1 is 1.33 bits per heavy atom. The maximum absolute atomic E-state index is 13.9. The number of rotatable bonds is 8. The quantitative estimate of drug-likeness (QED) is 0.610. The fourth-order valence-electron chi connectivity index (χ4n) is 3.65. The van der Waals surface area contributed by atoms with E-state index in [-0.39, 0.29) is 36.7 Å². The third-order valence-electron chi connectivity index (χ3n) is 5.47. The Balaban J connectivity index is 1.79. The molecule has 8 nitrogen and oxygen atoms in total. The zero-order chi connectivity index (χ0) is 21.7. The van der Waals surface area contributed by atoms with E-state index in [1.54, 1.807) is 0 Å². The molecule has 2 aliphatic rings. The van der Waals surface area contributed by atoms with Gasteiger partial charge in [0.15, 0.2) is 0 Å². The molecule has 0 aromatic heterocycles. The molecule has 3 rings (SSSR count). The molecule has 0 saturated carbocycles. The van der Waals surface area contributed by atoms with Crippen molar-refractivity contribution in [2.45, 2.75) is 12.8 Å². The predicted molar refractivity (Wildman–Crippen MR) is 108 cm³/mol. The maximum Gasteiger partial charge on any atom is 0.337 e. The molecule has 1 aromatic rings. The number of methoxy groups -OCH3 is 1. The number of likely N-dealkylation sites (tertiary alicyclic amines) is 1. The van der Waals surface area contributed by atoms with Crippen molar-refractivity contribution in [3.63, 3.8) is 0 Å². The van der Waals surface area contributed by atoms with Crippen LogP contribution in [0.1, 0.15) is 12.8 Å². The van der Waals surface area contributed by atoms with Gasteiger partial charge in [0.2, 0.25) is 0 Å². The summed E-state index contributed by atoms with van der Waals surface area (Å²) in [7, 11) is 3.31. The lowest BCUT2D eigenvalue weighted by Gasteiger charge is -2.29. The van der Waals surface area contributed by atoms with E-state index in [1.165, 1.54) is 30.2 Å². The maximum atomic E-state index is 13.9. The Hall–Kier alpha value is -2.65. The molecule has 1 aromatic carbocycles. The van der Waals surface area contributed by atoms with Gasteiger partial charge in [0.25, 0.3) is 5.91 Å². The van der Waals surface area contributed by atoms with Gasteiger partial charge in [-0.3, -0.25) is 4.79 Å². The van der Waals surface area contributed by atoms with Crippen LogP contribution in [-0.2, 0) is 14.3 Å². The monoisotopic (exact) mass is 421 g/mol. The summed E-state index contributed by atoms with van der Waals surface area (Å²) in [6.45, 7) is 2.35. The molecule has 30 heavy (non-hydrogen) atoms. The molecule has 1 fully saturated rings. The van der Waals surface area contributed by atoms with Gasteiger partial charge in [-0.15, -0.1) is 0 Å². The molecule has 0 aliphatic carbocycles. The summed E-state index contributed by atoms with van der Waals surface area (Å²) in [6.07, 6.45) is 2.04. The van der Waals surface area contributed by atoms with Crippen molar-refractivity contribution >= 4 is 17.6 Å². The molecule has 9 heteroatoms. The van der Waals surface area contributed by atoms with Crippen LogP contribution in [0.4, 0.5) is 10.1 Å². The fourth-order valence-corrected chi connectivity index (χ4v) is 3.65. The molecule has 0 atom stereocenters. The number of amides is 1. The number of hydrogen-bond donors (Lipinski definition) is 2. The van der Waals surface area contributed by atoms with Crippen LogP contribution < -0.4 is 10.1 Å². The number of halogens is 1. The van der Waals surface area contributed by atoms with Gasteiger partial charge in [0.1, 0.15) is 17.3 Å². The Bertz CT molecular complexity index is 821. The number of esters is 1. The van der Waals surface area contributed by atoms with Gasteiger partial charge >= 0.3 is 5.97 Å². The van der Waals surface area contributed by atoms with E-state index in [9.17, 15) is 19.1 Å². The van der Waals surface area contributed by atoms with Gasteiger partial charge in [-0.05, 0) is 51.0 Å². The number of carbonyl (C=O) groups is 2. The Kier molecular flexibility index (Phi) is 7.28. The average Bonchev–Trinajstić information content (AvgIpc) is 3.04. The highest BCUT2D eigenvalue weighted by molar-refractivity contribution is 6.08. The zero-order valence-corrected chi connectivity index (χ0v) is 17.3. The lowest BCUT2D eigenvalue weighted by atomic mass is 9.98. The number of anilines is 1. The van der Waals surface area contributed by atoms with Crippen LogP contribution in [0.15, 0.2) is 29.5 Å². The van der Waals surface area contributed by atoms with Crippen LogP contribution in [0.3, 0.4) is 0 Å². The van der Waals surface area contributed by atoms with Gasteiger partial charge in [0, 0.05) is 12.6 Å². The SMILES string of the molecule is COC(=O)C1=C(Nc2cc(F)ccc2OCC2CCN(C)CC2)C(=O)N(CCO)C1. The van der Waals surface area contributed by atoms with Gasteiger partial charge in [-0.1, -0.05) is 0 Å². The Morgan fingerprint density at radius 3 is 2.73 bits per heavy atom. The van der Waals surface area contributed by atoms with Gasteiger partial charge < -0.3 is 29.7 Å². The molecule has 0 spiro atoms. The highest BCUT2D eigenvalue weighted by Crippen LogP contribution is 2.31. The fraction of sp³-hybridized carbons (Fsp3) is 0.524. The first-order chi connectivity index (χ1) is 14.4. The highest BCUT2D eigenvalue weighted by atomic mass is 19.1. The molecule has 0 unspecified atom stereocenters. The number of benzene rings is 1. The van der Waals surface area contributed by atoms with E-state index in [0.717, 1.165) is 25.9 Å². The third-order valence-corrected chi connectivity index (χ3v) is 5.47. The normalized spacial score (nSPS) is 18.1. The Labute approximate surface area is 175 Å². The van der Waals surface area contributed by atoms with E-state index >= 15 is 0 Å². The van der Waals surface area contributed by atoms with Crippen molar-refractivity contribution in [3.05, 3.63) is 35.3 Å². The van der Waals surface area contributed by atoms with Crippen LogP contribution in [0, 0.1) is 11.7 Å². The number of piperidine rings is 1. The van der Waals surface area contributed by atoms with E-state index in [1.807, 2.05) is 0 Å². The molecule has 1 amide bonds. The molecule has 2 aliphatic heterocycles. The molecular formula is C21H28FN3O5. The standard InChI is InChI=1S/C21H28FN3O5/c1-24-7-5-14(6-8-24)13-30-18-4-3-15(22)11-17(18)23-19-16(21(28)29-2)12-25(9-10-26)20(19)27/h3-4,11,14,23,26H,5-10,12-13H2,1-2H3. The number of nitrogens with one attached hydrogen (secondary N) is 1. The first-order valence-electron chi connectivity index (χ1n) is 10.0. The minimum absolute atomic E-state index is 0.00467. The second-order valence-corrected chi connectivity index (χ2v) is 7.62. The molecule has 0 bridgehead atoms. The summed E-state index contributed by atoms with van der Waals surface area (Å²) >= 11 is 0. The second-order valence-electron chi connectivity index (χ2n) is 7.62. The van der Waals surface area contributed by atoms with Crippen molar-refractivity contribution in [3.8, 4) is 5.75 Å². The van der Waals surface area contributed by atoms with Gasteiger partial charge in [0.05, 0.1) is 38.1 Å². The number of nitrogens with zero attached hydrogens (tertiary/aromatic N) is 2. The first-order valence-corrected chi connectivity index (χ1v) is 10.0. The number of carbonyl (C=O) groups excluding carboxylic acids is 2. The van der Waals surface area contributed by atoms with Crippen LogP contribution in [-0.4, -0.2) is 80.3 Å². The first kappa shape index (κ1) is 22.0. The predicted octanol–water partition coefficient (Wildman–Crippen LogP) is 1.22. The molecule has 0 radical (unpaired) electrons. The summed E-state index contributed by atoms with van der Waals surface area (Å²) in [5.41, 5.74) is 0.394. The summed E-state index contributed by atoms with van der Waals surface area (Å²) in [4.78, 5) is 28.5. The minimum Gasteiger partial charge on any atom is -0.491 e. The van der Waals surface area contributed by atoms with Crippen molar-refractivity contribution in [1.82, 2.24) is 9.80 Å². The van der Waals surface area contributed by atoms with Crippen molar-refractivity contribution in [2.75, 3.05) is 58.9 Å². The third kappa shape index (κ3) is 5.09. The van der Waals surface area contributed by atoms with Crippen LogP contribution in [0.5, 0.6) is 5.75 Å². The summed E-state index contributed by atoms with van der Waals surface area (Å²) in [6, 6.07) is 4.03. The van der Waals surface area contributed by atoms with E-state index in [2.05, 4.69) is 17.3 Å².